The Labute approximate surface area is 219 Å². The number of thioether (sulfide) groups is 1. The van der Waals surface area contributed by atoms with E-state index in [9.17, 15) is 0 Å². The molecular formula is C31H38N2S2. The number of benzene rings is 2. The third kappa shape index (κ3) is 4.01. The minimum Gasteiger partial charge on any atom is -0.297 e. The van der Waals surface area contributed by atoms with Crippen molar-refractivity contribution in [3.63, 3.8) is 0 Å². The van der Waals surface area contributed by atoms with Crippen LogP contribution in [0.2, 0.25) is 0 Å². The summed E-state index contributed by atoms with van der Waals surface area (Å²) in [4.78, 5) is 3.10. The van der Waals surface area contributed by atoms with Crippen molar-refractivity contribution in [2.45, 2.75) is 82.5 Å². The van der Waals surface area contributed by atoms with Gasteiger partial charge in [-0.3, -0.25) is 10.6 Å². The van der Waals surface area contributed by atoms with Crippen LogP contribution in [-0.2, 0) is 6.42 Å². The Morgan fingerprint density at radius 2 is 1.77 bits per heavy atom. The molecule has 0 radical (unpaired) electrons. The quantitative estimate of drug-likeness (QED) is 0.379. The molecule has 4 unspecified atom stereocenters. The number of aryl methyl sites for hydroxylation is 1. The number of hydrogen-bond acceptors (Lipinski definition) is 4. The van der Waals surface area contributed by atoms with Crippen molar-refractivity contribution in [1.82, 2.24) is 10.6 Å². The highest BCUT2D eigenvalue weighted by atomic mass is 32.2. The smallest absolute Gasteiger partial charge is 0.0484 e. The van der Waals surface area contributed by atoms with Crippen LogP contribution < -0.4 is 10.6 Å². The average Bonchev–Trinajstić information content (AvgIpc) is 3.34. The van der Waals surface area contributed by atoms with Gasteiger partial charge in [0, 0.05) is 43.9 Å². The number of thiophene rings is 1. The summed E-state index contributed by atoms with van der Waals surface area (Å²) in [5.74, 6) is 1.24. The monoisotopic (exact) mass is 502 g/mol. The molecule has 184 valence electrons. The zero-order valence-electron chi connectivity index (χ0n) is 21.9. The van der Waals surface area contributed by atoms with Crippen LogP contribution in [0.3, 0.4) is 0 Å². The molecular weight excluding hydrogens is 464 g/mol. The first kappa shape index (κ1) is 23.8. The van der Waals surface area contributed by atoms with E-state index in [-0.39, 0.29) is 5.41 Å². The van der Waals surface area contributed by atoms with Crippen molar-refractivity contribution in [3.8, 4) is 0 Å². The molecule has 2 aliphatic heterocycles. The van der Waals surface area contributed by atoms with E-state index in [1.807, 2.05) is 11.3 Å². The van der Waals surface area contributed by atoms with Gasteiger partial charge in [-0.1, -0.05) is 76.6 Å². The summed E-state index contributed by atoms with van der Waals surface area (Å²) >= 11 is 4.14. The summed E-state index contributed by atoms with van der Waals surface area (Å²) in [5.41, 5.74) is 7.79. The second-order valence-corrected chi connectivity index (χ2v) is 14.5. The topological polar surface area (TPSA) is 24.1 Å². The first-order valence-electron chi connectivity index (χ1n) is 13.2. The maximum Gasteiger partial charge on any atom is 0.0484 e. The van der Waals surface area contributed by atoms with E-state index in [1.165, 1.54) is 43.7 Å². The highest BCUT2D eigenvalue weighted by Crippen LogP contribution is 2.54. The van der Waals surface area contributed by atoms with Crippen LogP contribution in [0.4, 0.5) is 0 Å². The highest BCUT2D eigenvalue weighted by molar-refractivity contribution is 8.00. The fraction of sp³-hybridized carbons (Fsp3) is 0.484. The molecule has 3 heterocycles. The largest absolute Gasteiger partial charge is 0.297 e. The maximum atomic E-state index is 3.89. The Balaban J connectivity index is 1.39. The molecule has 0 bridgehead atoms. The van der Waals surface area contributed by atoms with Crippen molar-refractivity contribution < 1.29 is 0 Å². The van der Waals surface area contributed by atoms with Gasteiger partial charge in [0.15, 0.2) is 0 Å². The van der Waals surface area contributed by atoms with E-state index in [0.29, 0.717) is 29.2 Å². The second-order valence-electron chi connectivity index (χ2n) is 12.2. The van der Waals surface area contributed by atoms with Gasteiger partial charge in [-0.05, 0) is 65.3 Å². The molecule has 4 heteroatoms. The second kappa shape index (κ2) is 8.76. The van der Waals surface area contributed by atoms with Crippen molar-refractivity contribution in [3.05, 3.63) is 69.1 Å². The summed E-state index contributed by atoms with van der Waals surface area (Å²) in [6.45, 7) is 15.1. The van der Waals surface area contributed by atoms with Crippen molar-refractivity contribution in [2.75, 3.05) is 6.67 Å². The Kier molecular flexibility index (Phi) is 5.95. The highest BCUT2D eigenvalue weighted by Gasteiger charge is 2.44. The van der Waals surface area contributed by atoms with Crippen LogP contribution in [0.5, 0.6) is 0 Å². The lowest BCUT2D eigenvalue weighted by Gasteiger charge is -2.42. The Hall–Kier alpha value is -1.59. The Morgan fingerprint density at radius 3 is 2.54 bits per heavy atom. The molecule has 2 aromatic carbocycles. The molecule has 35 heavy (non-hydrogen) atoms. The van der Waals surface area contributed by atoms with Crippen LogP contribution in [0.15, 0.2) is 46.9 Å². The fourth-order valence-corrected chi connectivity index (χ4v) is 9.73. The Morgan fingerprint density at radius 1 is 1.00 bits per heavy atom. The third-order valence-electron chi connectivity index (χ3n) is 8.26. The normalized spacial score (nSPS) is 26.0. The van der Waals surface area contributed by atoms with Crippen molar-refractivity contribution in [1.29, 1.82) is 0 Å². The number of fused-ring (bicyclic) bond motifs is 6. The summed E-state index contributed by atoms with van der Waals surface area (Å²) in [6.07, 6.45) is 4.83. The van der Waals surface area contributed by atoms with E-state index in [0.717, 1.165) is 13.1 Å². The summed E-state index contributed by atoms with van der Waals surface area (Å²) in [5, 5.41) is 9.74. The first-order valence-corrected chi connectivity index (χ1v) is 14.9. The van der Waals surface area contributed by atoms with Gasteiger partial charge in [0.05, 0.1) is 0 Å². The number of rotatable bonds is 3. The van der Waals surface area contributed by atoms with Gasteiger partial charge in [0.2, 0.25) is 0 Å². The number of hydrogen-bond donors (Lipinski definition) is 2. The van der Waals surface area contributed by atoms with Gasteiger partial charge >= 0.3 is 0 Å². The third-order valence-corrected chi connectivity index (χ3v) is 11.0. The molecule has 2 N–H and O–H groups in total. The minimum atomic E-state index is 0.237. The molecule has 2 nitrogen and oxygen atoms in total. The van der Waals surface area contributed by atoms with E-state index in [2.05, 4.69) is 106 Å². The number of nitrogens with one attached hydrogen (secondary N) is 2. The van der Waals surface area contributed by atoms with Gasteiger partial charge in [0.1, 0.15) is 0 Å². The van der Waals surface area contributed by atoms with E-state index >= 15 is 0 Å². The molecule has 1 aromatic heterocycles. The molecule has 4 atom stereocenters. The van der Waals surface area contributed by atoms with Crippen molar-refractivity contribution in [2.24, 2.45) is 11.3 Å². The fourth-order valence-electron chi connectivity index (χ4n) is 6.47. The predicted octanol–water partition coefficient (Wildman–Crippen LogP) is 8.06. The molecule has 0 saturated carbocycles. The zero-order valence-corrected chi connectivity index (χ0v) is 23.5. The summed E-state index contributed by atoms with van der Waals surface area (Å²) in [7, 11) is 0. The van der Waals surface area contributed by atoms with Crippen LogP contribution in [0.1, 0.15) is 80.1 Å². The maximum absolute atomic E-state index is 3.89. The van der Waals surface area contributed by atoms with E-state index in [1.54, 1.807) is 10.5 Å². The van der Waals surface area contributed by atoms with Crippen LogP contribution in [0, 0.1) is 18.3 Å². The lowest BCUT2D eigenvalue weighted by molar-refractivity contribution is 0.298. The first-order chi connectivity index (χ1) is 16.7. The average molecular weight is 503 g/mol. The van der Waals surface area contributed by atoms with Crippen LogP contribution in [-0.4, -0.2) is 18.0 Å². The molecule has 0 amide bonds. The standard InChI is InChI=1S/C31H38N2S2/c1-17(2)13-25-18(3)26-24(34-25)12-11-22-28-30(35-29(22)26)27(32-16-33-28)20-14-19-9-7-8-10-21(19)23(15-20)31(4,5)6/h7-12,14,17,23,27-28,30,32-33H,13,15-16H2,1-6H3. The predicted molar refractivity (Wildman–Crippen MR) is 154 cm³/mol. The van der Waals surface area contributed by atoms with Crippen LogP contribution >= 0.6 is 23.1 Å². The molecule has 1 fully saturated rings. The Bertz CT molecular complexity index is 1310. The van der Waals surface area contributed by atoms with Gasteiger partial charge < -0.3 is 0 Å². The molecule has 3 aromatic rings. The SMILES string of the molecule is Cc1c(CC(C)C)sc2ccc3c(c12)SC1C(C2=Cc4ccccc4C(C(C)(C)C)C2)NCNC31. The molecule has 6 rings (SSSR count). The van der Waals surface area contributed by atoms with E-state index < -0.39 is 0 Å². The van der Waals surface area contributed by atoms with E-state index in [4.69, 9.17) is 0 Å². The van der Waals surface area contributed by atoms with Gasteiger partial charge in [0.25, 0.3) is 0 Å². The summed E-state index contributed by atoms with van der Waals surface area (Å²) in [6, 6.07) is 14.7. The lowest BCUT2D eigenvalue weighted by Crippen LogP contribution is -2.54. The van der Waals surface area contributed by atoms with Gasteiger partial charge in [-0.25, -0.2) is 0 Å². The van der Waals surface area contributed by atoms with Gasteiger partial charge in [-0.15, -0.1) is 23.1 Å². The molecule has 1 saturated heterocycles. The molecule has 0 spiro atoms. The van der Waals surface area contributed by atoms with Gasteiger partial charge in [-0.2, -0.15) is 0 Å². The minimum absolute atomic E-state index is 0.237. The van der Waals surface area contributed by atoms with Crippen molar-refractivity contribution >= 4 is 39.3 Å². The molecule has 3 aliphatic rings. The van der Waals surface area contributed by atoms with Crippen LogP contribution in [0.25, 0.3) is 16.2 Å². The molecule has 1 aliphatic carbocycles. The lowest BCUT2D eigenvalue weighted by atomic mass is 9.68. The zero-order chi connectivity index (χ0) is 24.5. The summed E-state index contributed by atoms with van der Waals surface area (Å²) < 4.78 is 1.46.